The first-order valence-electron chi connectivity index (χ1n) is 10.2. The number of furan rings is 1. The SMILES string of the molecule is CC(C)Oc1ccc(CNC(=O)NCC(c2ccco2)N2CCCCC2)cc1. The molecular weight excluding hydrogens is 354 g/mol. The minimum absolute atomic E-state index is 0.0773. The Morgan fingerprint density at radius 2 is 1.86 bits per heavy atom. The van der Waals surface area contributed by atoms with Crippen LogP contribution in [-0.2, 0) is 6.54 Å². The second kappa shape index (κ2) is 10.2. The third kappa shape index (κ3) is 6.02. The van der Waals surface area contributed by atoms with Gasteiger partial charge in [-0.25, -0.2) is 4.79 Å². The van der Waals surface area contributed by atoms with Gasteiger partial charge in [0.05, 0.1) is 18.4 Å². The summed E-state index contributed by atoms with van der Waals surface area (Å²) in [6.45, 7) is 7.09. The smallest absolute Gasteiger partial charge is 0.315 e. The molecule has 152 valence electrons. The van der Waals surface area contributed by atoms with Crippen LogP contribution in [0.5, 0.6) is 5.75 Å². The first-order chi connectivity index (χ1) is 13.6. The fraction of sp³-hybridized carbons (Fsp3) is 0.500. The summed E-state index contributed by atoms with van der Waals surface area (Å²) in [4.78, 5) is 14.7. The molecule has 0 spiro atoms. The van der Waals surface area contributed by atoms with Gasteiger partial charge in [-0.15, -0.1) is 0 Å². The zero-order valence-electron chi connectivity index (χ0n) is 16.8. The van der Waals surface area contributed by atoms with Crippen molar-refractivity contribution in [3.8, 4) is 5.75 Å². The van der Waals surface area contributed by atoms with Crippen molar-refractivity contribution in [3.05, 3.63) is 54.0 Å². The lowest BCUT2D eigenvalue weighted by molar-refractivity contribution is 0.143. The van der Waals surface area contributed by atoms with Crippen molar-refractivity contribution in [3.63, 3.8) is 0 Å². The van der Waals surface area contributed by atoms with Crippen molar-refractivity contribution < 1.29 is 13.9 Å². The molecular formula is C22H31N3O3. The van der Waals surface area contributed by atoms with Crippen LogP contribution in [0.1, 0.15) is 50.5 Å². The van der Waals surface area contributed by atoms with E-state index in [0.717, 1.165) is 30.2 Å². The van der Waals surface area contributed by atoms with Crippen LogP contribution in [0.2, 0.25) is 0 Å². The number of nitrogens with one attached hydrogen (secondary N) is 2. The molecule has 0 bridgehead atoms. The Morgan fingerprint density at radius 3 is 2.50 bits per heavy atom. The molecule has 1 aliphatic heterocycles. The summed E-state index contributed by atoms with van der Waals surface area (Å²) in [5.74, 6) is 1.74. The van der Waals surface area contributed by atoms with E-state index in [1.165, 1.54) is 19.3 Å². The minimum Gasteiger partial charge on any atom is -0.491 e. The normalized spacial score (nSPS) is 16.0. The van der Waals surface area contributed by atoms with E-state index < -0.39 is 0 Å². The Kier molecular flexibility index (Phi) is 7.37. The standard InChI is InChI=1S/C22H31N3O3/c1-17(2)28-19-10-8-18(9-11-19)15-23-22(26)24-16-20(21-7-6-14-27-21)25-12-4-3-5-13-25/h6-11,14,17,20H,3-5,12-13,15-16H2,1-2H3,(H2,23,24,26). The second-order valence-electron chi connectivity index (χ2n) is 7.50. The third-order valence-electron chi connectivity index (χ3n) is 4.91. The molecule has 1 aliphatic rings. The van der Waals surface area contributed by atoms with Gasteiger partial charge in [-0.2, -0.15) is 0 Å². The van der Waals surface area contributed by atoms with Crippen LogP contribution in [0, 0.1) is 0 Å². The van der Waals surface area contributed by atoms with Crippen molar-refractivity contribution in [2.75, 3.05) is 19.6 Å². The monoisotopic (exact) mass is 385 g/mol. The van der Waals surface area contributed by atoms with E-state index in [1.54, 1.807) is 6.26 Å². The van der Waals surface area contributed by atoms with Crippen LogP contribution in [0.15, 0.2) is 47.1 Å². The Hall–Kier alpha value is -2.47. The Morgan fingerprint density at radius 1 is 1.11 bits per heavy atom. The maximum Gasteiger partial charge on any atom is 0.315 e. The second-order valence-corrected chi connectivity index (χ2v) is 7.50. The van der Waals surface area contributed by atoms with Gasteiger partial charge >= 0.3 is 6.03 Å². The molecule has 1 aromatic carbocycles. The number of ether oxygens (including phenoxy) is 1. The molecule has 1 fully saturated rings. The number of piperidine rings is 1. The highest BCUT2D eigenvalue weighted by Crippen LogP contribution is 2.24. The van der Waals surface area contributed by atoms with Crippen molar-refractivity contribution in [2.24, 2.45) is 0 Å². The minimum atomic E-state index is -0.170. The summed E-state index contributed by atoms with van der Waals surface area (Å²) in [5, 5.41) is 5.92. The van der Waals surface area contributed by atoms with Crippen LogP contribution in [-0.4, -0.2) is 36.7 Å². The van der Waals surface area contributed by atoms with E-state index in [1.807, 2.05) is 50.2 Å². The molecule has 3 rings (SSSR count). The van der Waals surface area contributed by atoms with Gasteiger partial charge in [0.25, 0.3) is 0 Å². The highest BCUT2D eigenvalue weighted by Gasteiger charge is 2.24. The predicted octanol–water partition coefficient (Wildman–Crippen LogP) is 4.09. The predicted molar refractivity (Wildman–Crippen MR) is 109 cm³/mol. The largest absolute Gasteiger partial charge is 0.491 e. The van der Waals surface area contributed by atoms with E-state index in [2.05, 4.69) is 15.5 Å². The summed E-state index contributed by atoms with van der Waals surface area (Å²) in [6, 6.07) is 11.6. The molecule has 1 atom stereocenters. The molecule has 2 amide bonds. The quantitative estimate of drug-likeness (QED) is 0.718. The number of urea groups is 1. The summed E-state index contributed by atoms with van der Waals surface area (Å²) in [7, 11) is 0. The Labute approximate surface area is 167 Å². The van der Waals surface area contributed by atoms with Gasteiger partial charge in [0, 0.05) is 13.1 Å². The topological polar surface area (TPSA) is 66.7 Å². The lowest BCUT2D eigenvalue weighted by Crippen LogP contribution is -2.43. The Balaban J connectivity index is 1.48. The molecule has 1 saturated heterocycles. The van der Waals surface area contributed by atoms with Crippen LogP contribution in [0.4, 0.5) is 4.79 Å². The molecule has 6 heteroatoms. The van der Waals surface area contributed by atoms with Gasteiger partial charge in [0.15, 0.2) is 0 Å². The summed E-state index contributed by atoms with van der Waals surface area (Å²) < 4.78 is 11.3. The van der Waals surface area contributed by atoms with Crippen molar-refractivity contribution in [1.29, 1.82) is 0 Å². The van der Waals surface area contributed by atoms with Gasteiger partial charge < -0.3 is 19.8 Å². The highest BCUT2D eigenvalue weighted by molar-refractivity contribution is 5.73. The summed E-state index contributed by atoms with van der Waals surface area (Å²) in [6.07, 6.45) is 5.51. The summed E-state index contributed by atoms with van der Waals surface area (Å²) in [5.41, 5.74) is 1.03. The van der Waals surface area contributed by atoms with E-state index in [-0.39, 0.29) is 18.2 Å². The van der Waals surface area contributed by atoms with Crippen molar-refractivity contribution in [1.82, 2.24) is 15.5 Å². The molecule has 1 aromatic heterocycles. The van der Waals surface area contributed by atoms with Gasteiger partial charge in [-0.3, -0.25) is 4.90 Å². The number of nitrogens with zero attached hydrogens (tertiary/aromatic N) is 1. The summed E-state index contributed by atoms with van der Waals surface area (Å²) >= 11 is 0. The van der Waals surface area contributed by atoms with E-state index in [4.69, 9.17) is 9.15 Å². The Bertz CT molecular complexity index is 707. The van der Waals surface area contributed by atoms with E-state index in [0.29, 0.717) is 13.1 Å². The van der Waals surface area contributed by atoms with Crippen LogP contribution in [0.25, 0.3) is 0 Å². The van der Waals surface area contributed by atoms with Gasteiger partial charge in [-0.05, 0) is 69.6 Å². The number of hydrogen-bond acceptors (Lipinski definition) is 4. The maximum atomic E-state index is 12.3. The fourth-order valence-electron chi connectivity index (χ4n) is 3.51. The van der Waals surface area contributed by atoms with Gasteiger partial charge in [0.1, 0.15) is 11.5 Å². The zero-order valence-corrected chi connectivity index (χ0v) is 16.8. The maximum absolute atomic E-state index is 12.3. The lowest BCUT2D eigenvalue weighted by atomic mass is 10.1. The zero-order chi connectivity index (χ0) is 19.8. The van der Waals surface area contributed by atoms with Crippen molar-refractivity contribution >= 4 is 6.03 Å². The van der Waals surface area contributed by atoms with E-state index >= 15 is 0 Å². The first-order valence-corrected chi connectivity index (χ1v) is 10.2. The number of hydrogen-bond donors (Lipinski definition) is 2. The molecule has 0 radical (unpaired) electrons. The molecule has 2 N–H and O–H groups in total. The molecule has 2 heterocycles. The van der Waals surface area contributed by atoms with Crippen LogP contribution < -0.4 is 15.4 Å². The number of carbonyl (C=O) groups is 1. The molecule has 6 nitrogen and oxygen atoms in total. The number of amides is 2. The fourth-order valence-corrected chi connectivity index (χ4v) is 3.51. The van der Waals surface area contributed by atoms with Crippen molar-refractivity contribution in [2.45, 2.75) is 51.8 Å². The highest BCUT2D eigenvalue weighted by atomic mass is 16.5. The first kappa shape index (κ1) is 20.3. The van der Waals surface area contributed by atoms with E-state index in [9.17, 15) is 4.79 Å². The molecule has 28 heavy (non-hydrogen) atoms. The number of carbonyl (C=O) groups excluding carboxylic acids is 1. The average molecular weight is 386 g/mol. The van der Waals surface area contributed by atoms with Crippen LogP contribution >= 0.6 is 0 Å². The average Bonchev–Trinajstić information content (AvgIpc) is 3.22. The molecule has 2 aromatic rings. The van der Waals surface area contributed by atoms with Gasteiger partial charge in [0.2, 0.25) is 0 Å². The van der Waals surface area contributed by atoms with Crippen LogP contribution in [0.3, 0.4) is 0 Å². The lowest BCUT2D eigenvalue weighted by Gasteiger charge is -2.33. The number of benzene rings is 1. The third-order valence-corrected chi connectivity index (χ3v) is 4.91. The number of likely N-dealkylation sites (tertiary alicyclic amines) is 1. The molecule has 0 aliphatic carbocycles. The number of rotatable bonds is 8. The molecule has 1 unspecified atom stereocenters. The van der Waals surface area contributed by atoms with Gasteiger partial charge in [-0.1, -0.05) is 18.6 Å². The molecule has 0 saturated carbocycles.